The molecule has 2 aromatic heterocycles. The van der Waals surface area contributed by atoms with Gasteiger partial charge >= 0.3 is 5.97 Å². The van der Waals surface area contributed by atoms with Gasteiger partial charge in [0, 0.05) is 17.4 Å². The number of anilines is 1. The molecule has 1 aliphatic rings. The molecule has 0 radical (unpaired) electrons. The Labute approximate surface area is 236 Å². The maximum atomic E-state index is 11.8. The number of carboxylic acid groups (broad SMARTS) is 1. The van der Waals surface area contributed by atoms with Crippen molar-refractivity contribution in [2.24, 2.45) is 0 Å². The zero-order valence-corrected chi connectivity index (χ0v) is 22.3. The van der Waals surface area contributed by atoms with Gasteiger partial charge in [-0.2, -0.15) is 0 Å². The van der Waals surface area contributed by atoms with Crippen LogP contribution in [0, 0.1) is 6.92 Å². The first-order valence-electron chi connectivity index (χ1n) is 12.8. The van der Waals surface area contributed by atoms with Crippen LogP contribution < -0.4 is 15.0 Å². The molecule has 5 aromatic rings. The minimum Gasteiger partial charge on any atom is -0.478 e. The van der Waals surface area contributed by atoms with Crippen LogP contribution in [0.1, 0.15) is 39.5 Å². The van der Waals surface area contributed by atoms with Crippen molar-refractivity contribution in [3.8, 4) is 22.8 Å². The number of carbonyl (C=O) groups is 1. The van der Waals surface area contributed by atoms with E-state index in [0.717, 1.165) is 17.1 Å². The zero-order valence-electron chi connectivity index (χ0n) is 21.5. The standard InChI is InChI=1S/C32H25N3O4S/c1-20-9-13-22(14-10-20)38-23-15-11-21(12-16-23)35-30(29(34-32(35)40)26-8-4-5-19-33-26)28-18-17-27(39-28)24-6-2-3-7-25(24)31(36)37/h2-19,29-30H,1H3,(H,34,40)(H,36,37)/t29-,30+/m0/s1. The summed E-state index contributed by atoms with van der Waals surface area (Å²) < 4.78 is 12.4. The van der Waals surface area contributed by atoms with Crippen molar-refractivity contribution in [3.05, 3.63) is 132 Å². The Morgan fingerprint density at radius 1 is 0.925 bits per heavy atom. The van der Waals surface area contributed by atoms with Crippen molar-refractivity contribution in [3.63, 3.8) is 0 Å². The van der Waals surface area contributed by atoms with Crippen LogP contribution >= 0.6 is 12.2 Å². The van der Waals surface area contributed by atoms with E-state index in [2.05, 4.69) is 10.3 Å². The summed E-state index contributed by atoms with van der Waals surface area (Å²) in [6.07, 6.45) is 1.74. The van der Waals surface area contributed by atoms with Crippen LogP contribution in [0.2, 0.25) is 0 Å². The molecule has 198 valence electrons. The average molecular weight is 548 g/mol. The quantitative estimate of drug-likeness (QED) is 0.205. The van der Waals surface area contributed by atoms with Crippen LogP contribution in [-0.4, -0.2) is 21.2 Å². The first kappa shape index (κ1) is 25.3. The molecular weight excluding hydrogens is 522 g/mol. The number of nitrogens with zero attached hydrogens (tertiary/aromatic N) is 2. The summed E-state index contributed by atoms with van der Waals surface area (Å²) >= 11 is 5.82. The third kappa shape index (κ3) is 4.92. The Balaban J connectivity index is 1.36. The molecule has 0 saturated carbocycles. The number of rotatable bonds is 7. The number of hydrogen-bond donors (Lipinski definition) is 2. The minimum atomic E-state index is -1.02. The molecule has 2 N–H and O–H groups in total. The van der Waals surface area contributed by atoms with E-state index in [-0.39, 0.29) is 17.6 Å². The van der Waals surface area contributed by atoms with Gasteiger partial charge in [-0.1, -0.05) is 42.0 Å². The Hall–Kier alpha value is -4.95. The number of aromatic nitrogens is 1. The van der Waals surface area contributed by atoms with E-state index < -0.39 is 5.97 Å². The van der Waals surface area contributed by atoms with Crippen molar-refractivity contribution in [1.82, 2.24) is 10.3 Å². The molecule has 1 fully saturated rings. The lowest BCUT2D eigenvalue weighted by Crippen LogP contribution is -2.29. The number of nitrogens with one attached hydrogen (secondary N) is 1. The van der Waals surface area contributed by atoms with Gasteiger partial charge in [0.15, 0.2) is 5.11 Å². The maximum absolute atomic E-state index is 11.8. The number of benzene rings is 3. The third-order valence-corrected chi connectivity index (χ3v) is 7.13. The van der Waals surface area contributed by atoms with Crippen molar-refractivity contribution in [2.75, 3.05) is 4.90 Å². The second-order valence-corrected chi connectivity index (χ2v) is 9.85. The summed E-state index contributed by atoms with van der Waals surface area (Å²) in [4.78, 5) is 18.4. The highest BCUT2D eigenvalue weighted by molar-refractivity contribution is 7.80. The van der Waals surface area contributed by atoms with Crippen LogP contribution in [0.15, 0.2) is 114 Å². The number of aromatic carboxylic acids is 1. The smallest absolute Gasteiger partial charge is 0.336 e. The molecule has 6 rings (SSSR count). The molecule has 0 spiro atoms. The number of pyridine rings is 1. The molecule has 0 bridgehead atoms. The van der Waals surface area contributed by atoms with E-state index in [1.165, 1.54) is 5.56 Å². The van der Waals surface area contributed by atoms with E-state index in [9.17, 15) is 9.90 Å². The lowest BCUT2D eigenvalue weighted by molar-refractivity contribution is 0.0697. The normalized spacial score (nSPS) is 16.5. The molecule has 3 heterocycles. The van der Waals surface area contributed by atoms with E-state index in [1.807, 2.05) is 84.6 Å². The fourth-order valence-corrected chi connectivity index (χ4v) is 5.23. The van der Waals surface area contributed by atoms with Crippen molar-refractivity contribution in [2.45, 2.75) is 19.0 Å². The monoisotopic (exact) mass is 547 g/mol. The number of hydrogen-bond acceptors (Lipinski definition) is 5. The highest BCUT2D eigenvalue weighted by atomic mass is 32.1. The Morgan fingerprint density at radius 3 is 2.33 bits per heavy atom. The fourth-order valence-electron chi connectivity index (χ4n) is 4.88. The summed E-state index contributed by atoms with van der Waals surface area (Å²) in [7, 11) is 0. The van der Waals surface area contributed by atoms with Gasteiger partial charge in [0.05, 0.1) is 17.3 Å². The predicted molar refractivity (Wildman–Crippen MR) is 157 cm³/mol. The van der Waals surface area contributed by atoms with E-state index >= 15 is 0 Å². The fraction of sp³-hybridized carbons (Fsp3) is 0.0938. The topological polar surface area (TPSA) is 87.8 Å². The maximum Gasteiger partial charge on any atom is 0.336 e. The largest absolute Gasteiger partial charge is 0.478 e. The molecule has 0 aliphatic carbocycles. The zero-order chi connectivity index (χ0) is 27.6. The van der Waals surface area contributed by atoms with Crippen molar-refractivity contribution < 1.29 is 19.1 Å². The molecule has 2 atom stereocenters. The molecule has 40 heavy (non-hydrogen) atoms. The first-order valence-corrected chi connectivity index (χ1v) is 13.2. The van der Waals surface area contributed by atoms with Gasteiger partial charge in [0.1, 0.15) is 29.1 Å². The second-order valence-electron chi connectivity index (χ2n) is 9.46. The van der Waals surface area contributed by atoms with Gasteiger partial charge in [-0.3, -0.25) is 4.98 Å². The lowest BCUT2D eigenvalue weighted by Gasteiger charge is -2.26. The van der Waals surface area contributed by atoms with Gasteiger partial charge in [-0.05, 0) is 85.9 Å². The SMILES string of the molecule is Cc1ccc(Oc2ccc(N3C(=S)N[C@@H](c4ccccn4)[C@H]3c3ccc(-c4ccccc4C(=O)O)o3)cc2)cc1. The predicted octanol–water partition coefficient (Wildman–Crippen LogP) is 7.32. The van der Waals surface area contributed by atoms with E-state index in [1.54, 1.807) is 36.5 Å². The molecule has 8 heteroatoms. The van der Waals surface area contributed by atoms with Crippen molar-refractivity contribution >= 4 is 29.0 Å². The Morgan fingerprint density at radius 2 is 1.62 bits per heavy atom. The first-order chi connectivity index (χ1) is 19.5. The average Bonchev–Trinajstić information content (AvgIpc) is 3.60. The van der Waals surface area contributed by atoms with Crippen LogP contribution in [0.5, 0.6) is 11.5 Å². The third-order valence-electron chi connectivity index (χ3n) is 6.81. The summed E-state index contributed by atoms with van der Waals surface area (Å²) in [5.74, 6) is 1.53. The van der Waals surface area contributed by atoms with Crippen LogP contribution in [0.3, 0.4) is 0 Å². The summed E-state index contributed by atoms with van der Waals surface area (Å²) in [5, 5.41) is 13.6. The van der Waals surface area contributed by atoms with Gasteiger partial charge in [0.2, 0.25) is 0 Å². The van der Waals surface area contributed by atoms with E-state index in [0.29, 0.717) is 27.9 Å². The molecule has 0 amide bonds. The second kappa shape index (κ2) is 10.7. The van der Waals surface area contributed by atoms with E-state index in [4.69, 9.17) is 21.4 Å². The summed E-state index contributed by atoms with van der Waals surface area (Å²) in [6.45, 7) is 2.03. The number of carboxylic acids is 1. The molecule has 3 aromatic carbocycles. The molecule has 0 unspecified atom stereocenters. The minimum absolute atomic E-state index is 0.172. The Bertz CT molecular complexity index is 1670. The molecule has 1 aliphatic heterocycles. The highest BCUT2D eigenvalue weighted by Gasteiger charge is 2.42. The molecule has 7 nitrogen and oxygen atoms in total. The van der Waals surface area contributed by atoms with Crippen molar-refractivity contribution in [1.29, 1.82) is 0 Å². The summed E-state index contributed by atoms with van der Waals surface area (Å²) in [5.41, 5.74) is 3.50. The number of furan rings is 1. The summed E-state index contributed by atoms with van der Waals surface area (Å²) in [6, 6.07) is 31.1. The van der Waals surface area contributed by atoms with Crippen LogP contribution in [-0.2, 0) is 0 Å². The van der Waals surface area contributed by atoms with Gasteiger partial charge < -0.3 is 24.5 Å². The number of ether oxygens (including phenoxy) is 1. The molecule has 1 saturated heterocycles. The highest BCUT2D eigenvalue weighted by Crippen LogP contribution is 2.43. The van der Waals surface area contributed by atoms with Gasteiger partial charge in [-0.25, -0.2) is 4.79 Å². The number of thiocarbonyl (C=S) groups is 1. The van der Waals surface area contributed by atoms with Crippen LogP contribution in [0.25, 0.3) is 11.3 Å². The lowest BCUT2D eigenvalue weighted by atomic mass is 10.0. The molecular formula is C32H25N3O4S. The van der Waals surface area contributed by atoms with Crippen LogP contribution in [0.4, 0.5) is 5.69 Å². The van der Waals surface area contributed by atoms with Gasteiger partial charge in [-0.15, -0.1) is 0 Å². The number of aryl methyl sites for hydroxylation is 1. The Kier molecular flexibility index (Phi) is 6.76. The van der Waals surface area contributed by atoms with Gasteiger partial charge in [0.25, 0.3) is 0 Å².